The number of carbonyl (C=O) groups is 2. The SMILES string of the molecule is CCC.CCC(C)c1c(-c2ccc(OCCc3ccccc3)cc2)n(CC(=O)N2CCOCC2)c2cc(C(=O)O)ccc12. The number of nitrogens with zero attached hydrogens (tertiary/aromatic N) is 2. The molecule has 5 rings (SSSR count). The Hall–Kier alpha value is -4.10. The van der Waals surface area contributed by atoms with Crippen molar-refractivity contribution in [3.63, 3.8) is 0 Å². The van der Waals surface area contributed by atoms with Crippen molar-refractivity contribution in [3.8, 4) is 17.0 Å². The first-order chi connectivity index (χ1) is 20.9. The Balaban J connectivity index is 0.00000135. The zero-order chi connectivity index (χ0) is 30.8. The number of hydrogen-bond acceptors (Lipinski definition) is 4. The Kier molecular flexibility index (Phi) is 11.4. The van der Waals surface area contributed by atoms with Gasteiger partial charge in [0.2, 0.25) is 5.91 Å². The number of aromatic nitrogens is 1. The molecule has 3 aromatic carbocycles. The van der Waals surface area contributed by atoms with Crippen LogP contribution in [-0.2, 0) is 22.5 Å². The molecule has 4 aromatic rings. The minimum Gasteiger partial charge on any atom is -0.493 e. The van der Waals surface area contributed by atoms with E-state index in [9.17, 15) is 14.7 Å². The second-order valence-corrected chi connectivity index (χ2v) is 11.0. The van der Waals surface area contributed by atoms with E-state index in [1.807, 2.05) is 58.0 Å². The highest BCUT2D eigenvalue weighted by Crippen LogP contribution is 2.40. The Morgan fingerprint density at radius 2 is 1.63 bits per heavy atom. The highest BCUT2D eigenvalue weighted by Gasteiger charge is 2.26. The lowest BCUT2D eigenvalue weighted by Crippen LogP contribution is -2.42. The van der Waals surface area contributed by atoms with Crippen molar-refractivity contribution in [2.75, 3.05) is 32.9 Å². The number of carbonyl (C=O) groups excluding carboxylic acids is 1. The lowest BCUT2D eigenvalue weighted by molar-refractivity contribution is -0.135. The number of ether oxygens (including phenoxy) is 2. The summed E-state index contributed by atoms with van der Waals surface area (Å²) < 4.78 is 13.5. The largest absolute Gasteiger partial charge is 0.493 e. The first-order valence-corrected chi connectivity index (χ1v) is 15.4. The topological polar surface area (TPSA) is 81.0 Å². The number of fused-ring (bicyclic) bond motifs is 1. The second-order valence-electron chi connectivity index (χ2n) is 11.0. The molecule has 1 N–H and O–H groups in total. The van der Waals surface area contributed by atoms with Crippen LogP contribution in [0.5, 0.6) is 5.75 Å². The molecule has 1 saturated heterocycles. The molecule has 1 atom stereocenters. The number of carboxylic acids is 1. The molecule has 43 heavy (non-hydrogen) atoms. The predicted octanol–water partition coefficient (Wildman–Crippen LogP) is 7.42. The van der Waals surface area contributed by atoms with Crippen molar-refractivity contribution in [3.05, 3.63) is 89.5 Å². The average Bonchev–Trinajstić information content (AvgIpc) is 3.35. The Morgan fingerprint density at radius 3 is 2.26 bits per heavy atom. The number of benzene rings is 3. The maximum absolute atomic E-state index is 13.5. The zero-order valence-electron chi connectivity index (χ0n) is 25.8. The zero-order valence-corrected chi connectivity index (χ0v) is 25.8. The normalized spacial score (nSPS) is 13.7. The number of carboxylic acid groups (broad SMARTS) is 1. The molecule has 0 spiro atoms. The standard InChI is InChI=1S/C33H36N2O5.C3H8/c1-3-23(2)31-28-14-11-26(33(37)38)21-29(28)35(22-30(36)34-16-19-39-20-17-34)32(31)25-9-12-27(13-10-25)40-18-15-24-7-5-4-6-8-24;1-3-2/h4-14,21,23H,3,15-20,22H2,1-2H3,(H,37,38);3H2,1-2H3. The summed E-state index contributed by atoms with van der Waals surface area (Å²) in [6.45, 7) is 11.4. The van der Waals surface area contributed by atoms with Crippen LogP contribution in [-0.4, -0.2) is 59.4 Å². The summed E-state index contributed by atoms with van der Waals surface area (Å²) in [5.41, 5.74) is 5.23. The molecule has 1 fully saturated rings. The van der Waals surface area contributed by atoms with Crippen molar-refractivity contribution >= 4 is 22.8 Å². The third-order valence-corrected chi connectivity index (χ3v) is 7.74. The minimum absolute atomic E-state index is 0.00116. The van der Waals surface area contributed by atoms with Crippen molar-refractivity contribution in [1.82, 2.24) is 9.47 Å². The van der Waals surface area contributed by atoms with Crippen LogP contribution in [0.2, 0.25) is 0 Å². The van der Waals surface area contributed by atoms with E-state index in [2.05, 4.69) is 39.8 Å². The predicted molar refractivity (Wildman–Crippen MR) is 172 cm³/mol. The van der Waals surface area contributed by atoms with E-state index in [1.54, 1.807) is 12.1 Å². The molecule has 1 amide bonds. The fourth-order valence-corrected chi connectivity index (χ4v) is 5.38. The molecule has 7 heteroatoms. The van der Waals surface area contributed by atoms with Gasteiger partial charge in [-0.05, 0) is 65.4 Å². The summed E-state index contributed by atoms with van der Waals surface area (Å²) >= 11 is 0. The Labute approximate surface area is 255 Å². The molecule has 7 nitrogen and oxygen atoms in total. The van der Waals surface area contributed by atoms with E-state index >= 15 is 0 Å². The second kappa shape index (κ2) is 15.4. The first-order valence-electron chi connectivity index (χ1n) is 15.4. The Morgan fingerprint density at radius 1 is 0.953 bits per heavy atom. The van der Waals surface area contributed by atoms with Gasteiger partial charge in [0.15, 0.2) is 0 Å². The number of aromatic carboxylic acids is 1. The van der Waals surface area contributed by atoms with Crippen LogP contribution in [0.3, 0.4) is 0 Å². The van der Waals surface area contributed by atoms with E-state index in [1.165, 1.54) is 12.0 Å². The van der Waals surface area contributed by atoms with Gasteiger partial charge in [-0.1, -0.05) is 70.5 Å². The van der Waals surface area contributed by atoms with Crippen LogP contribution in [0, 0.1) is 0 Å². The lowest BCUT2D eigenvalue weighted by atomic mass is 9.92. The van der Waals surface area contributed by atoms with Gasteiger partial charge in [-0.2, -0.15) is 0 Å². The molecule has 1 unspecified atom stereocenters. The number of amides is 1. The van der Waals surface area contributed by atoms with Gasteiger partial charge in [-0.15, -0.1) is 0 Å². The lowest BCUT2D eigenvalue weighted by Gasteiger charge is -2.27. The van der Waals surface area contributed by atoms with Gasteiger partial charge in [0.1, 0.15) is 12.3 Å². The summed E-state index contributed by atoms with van der Waals surface area (Å²) in [7, 11) is 0. The molecule has 0 bridgehead atoms. The van der Waals surface area contributed by atoms with Crippen LogP contribution in [0.1, 0.15) is 67.9 Å². The number of hydrogen-bond donors (Lipinski definition) is 1. The summed E-state index contributed by atoms with van der Waals surface area (Å²) in [6, 6.07) is 23.5. The number of rotatable bonds is 10. The molecule has 0 saturated carbocycles. The molecular weight excluding hydrogens is 540 g/mol. The highest BCUT2D eigenvalue weighted by atomic mass is 16.5. The van der Waals surface area contributed by atoms with Gasteiger partial charge in [-0.3, -0.25) is 4.79 Å². The molecule has 0 radical (unpaired) electrons. The van der Waals surface area contributed by atoms with Crippen molar-refractivity contribution < 1.29 is 24.2 Å². The maximum atomic E-state index is 13.5. The third-order valence-electron chi connectivity index (χ3n) is 7.74. The van der Waals surface area contributed by atoms with Crippen molar-refractivity contribution in [1.29, 1.82) is 0 Å². The monoisotopic (exact) mass is 584 g/mol. The summed E-state index contributed by atoms with van der Waals surface area (Å²) in [5.74, 6) is -0.00347. The van der Waals surface area contributed by atoms with Crippen LogP contribution < -0.4 is 4.74 Å². The van der Waals surface area contributed by atoms with Crippen LogP contribution >= 0.6 is 0 Å². The fraction of sp³-hybridized carbons (Fsp3) is 0.389. The smallest absolute Gasteiger partial charge is 0.335 e. The first kappa shape index (κ1) is 31.8. The molecule has 1 aliphatic heterocycles. The van der Waals surface area contributed by atoms with Gasteiger partial charge in [0.25, 0.3) is 0 Å². The Bertz CT molecular complexity index is 1490. The summed E-state index contributed by atoms with van der Waals surface area (Å²) in [5, 5.41) is 10.7. The van der Waals surface area contributed by atoms with E-state index in [-0.39, 0.29) is 23.9 Å². The van der Waals surface area contributed by atoms with Crippen molar-refractivity contribution in [2.24, 2.45) is 0 Å². The molecule has 1 aromatic heterocycles. The molecular formula is C36H44N2O5. The van der Waals surface area contributed by atoms with Crippen molar-refractivity contribution in [2.45, 2.75) is 59.4 Å². The average molecular weight is 585 g/mol. The van der Waals surface area contributed by atoms with Gasteiger partial charge in [0, 0.05) is 24.9 Å². The highest BCUT2D eigenvalue weighted by molar-refractivity contribution is 5.99. The molecule has 1 aliphatic rings. The molecule has 228 valence electrons. The molecule has 0 aliphatic carbocycles. The maximum Gasteiger partial charge on any atom is 0.335 e. The van der Waals surface area contributed by atoms with E-state index < -0.39 is 5.97 Å². The van der Waals surface area contributed by atoms with Gasteiger partial charge < -0.3 is 24.0 Å². The third kappa shape index (κ3) is 7.85. The van der Waals surface area contributed by atoms with Crippen LogP contribution in [0.4, 0.5) is 0 Å². The summed E-state index contributed by atoms with van der Waals surface area (Å²) in [4.78, 5) is 27.2. The number of morpholine rings is 1. The summed E-state index contributed by atoms with van der Waals surface area (Å²) in [6.07, 6.45) is 2.98. The van der Waals surface area contributed by atoms with E-state index in [0.29, 0.717) is 32.9 Å². The molecule has 2 heterocycles. The van der Waals surface area contributed by atoms with Crippen LogP contribution in [0.15, 0.2) is 72.8 Å². The van der Waals surface area contributed by atoms with E-state index in [0.717, 1.165) is 46.3 Å². The fourth-order valence-electron chi connectivity index (χ4n) is 5.38. The quantitative estimate of drug-likeness (QED) is 0.210. The van der Waals surface area contributed by atoms with Gasteiger partial charge in [0.05, 0.1) is 36.6 Å². The van der Waals surface area contributed by atoms with Gasteiger partial charge >= 0.3 is 5.97 Å². The van der Waals surface area contributed by atoms with E-state index in [4.69, 9.17) is 9.47 Å². The van der Waals surface area contributed by atoms with Gasteiger partial charge in [-0.25, -0.2) is 4.79 Å². The minimum atomic E-state index is -0.988. The van der Waals surface area contributed by atoms with Crippen LogP contribution in [0.25, 0.3) is 22.2 Å².